The zero-order chi connectivity index (χ0) is 15.2. The number of hydrogen-bond donors (Lipinski definition) is 1. The Morgan fingerprint density at radius 3 is 2.57 bits per heavy atom. The molecule has 0 spiro atoms. The van der Waals surface area contributed by atoms with Crippen molar-refractivity contribution in [1.82, 2.24) is 5.32 Å². The molecule has 1 atom stereocenters. The van der Waals surface area contributed by atoms with E-state index in [1.54, 1.807) is 24.3 Å². The number of aryl methyl sites for hydroxylation is 1. The van der Waals surface area contributed by atoms with Gasteiger partial charge in [0.1, 0.15) is 12.4 Å². The SMILES string of the molecule is Cc1ccccc1OC[C@@H](C)NC(=O)c1ccccc1Cl. The minimum absolute atomic E-state index is 0.117. The molecule has 4 heteroatoms. The molecule has 2 rings (SSSR count). The number of amides is 1. The summed E-state index contributed by atoms with van der Waals surface area (Å²) in [7, 11) is 0. The second-order valence-electron chi connectivity index (χ2n) is 4.93. The molecule has 0 aliphatic rings. The minimum Gasteiger partial charge on any atom is -0.491 e. The first-order valence-electron chi connectivity index (χ1n) is 6.81. The highest BCUT2D eigenvalue weighted by Crippen LogP contribution is 2.17. The molecule has 0 aliphatic heterocycles. The molecule has 2 aromatic carbocycles. The second kappa shape index (κ2) is 7.14. The minimum atomic E-state index is -0.193. The van der Waals surface area contributed by atoms with Gasteiger partial charge in [0.25, 0.3) is 5.91 Å². The van der Waals surface area contributed by atoms with E-state index in [1.165, 1.54) is 0 Å². The number of carbonyl (C=O) groups excluding carboxylic acids is 1. The zero-order valence-corrected chi connectivity index (χ0v) is 12.9. The predicted octanol–water partition coefficient (Wildman–Crippen LogP) is 3.85. The van der Waals surface area contributed by atoms with E-state index in [9.17, 15) is 4.79 Å². The first kappa shape index (κ1) is 15.4. The summed E-state index contributed by atoms with van der Waals surface area (Å²) in [4.78, 5) is 12.1. The van der Waals surface area contributed by atoms with Gasteiger partial charge in [-0.2, -0.15) is 0 Å². The Hall–Kier alpha value is -2.00. The fourth-order valence-electron chi connectivity index (χ4n) is 1.92. The molecule has 1 N–H and O–H groups in total. The molecule has 0 saturated carbocycles. The van der Waals surface area contributed by atoms with E-state index in [2.05, 4.69) is 5.32 Å². The van der Waals surface area contributed by atoms with E-state index in [4.69, 9.17) is 16.3 Å². The van der Waals surface area contributed by atoms with E-state index in [0.29, 0.717) is 17.2 Å². The summed E-state index contributed by atoms with van der Waals surface area (Å²) < 4.78 is 5.72. The van der Waals surface area contributed by atoms with Gasteiger partial charge in [-0.1, -0.05) is 41.9 Å². The van der Waals surface area contributed by atoms with Crippen LogP contribution in [0.25, 0.3) is 0 Å². The maximum Gasteiger partial charge on any atom is 0.253 e. The number of hydrogen-bond acceptors (Lipinski definition) is 2. The van der Waals surface area contributed by atoms with Gasteiger partial charge >= 0.3 is 0 Å². The van der Waals surface area contributed by atoms with Crippen LogP contribution in [0.5, 0.6) is 5.75 Å². The number of carbonyl (C=O) groups is 1. The smallest absolute Gasteiger partial charge is 0.253 e. The van der Waals surface area contributed by atoms with Gasteiger partial charge in [-0.3, -0.25) is 4.79 Å². The maximum atomic E-state index is 12.1. The van der Waals surface area contributed by atoms with Gasteiger partial charge in [-0.25, -0.2) is 0 Å². The van der Waals surface area contributed by atoms with E-state index >= 15 is 0 Å². The number of nitrogens with one attached hydrogen (secondary N) is 1. The highest BCUT2D eigenvalue weighted by Gasteiger charge is 2.13. The summed E-state index contributed by atoms with van der Waals surface area (Å²) in [6.07, 6.45) is 0. The summed E-state index contributed by atoms with van der Waals surface area (Å²) in [5.74, 6) is 0.637. The van der Waals surface area contributed by atoms with Crippen LogP contribution in [0.1, 0.15) is 22.8 Å². The van der Waals surface area contributed by atoms with E-state index in [-0.39, 0.29) is 11.9 Å². The maximum absolute atomic E-state index is 12.1. The van der Waals surface area contributed by atoms with Crippen LogP contribution in [-0.4, -0.2) is 18.6 Å². The molecule has 1 amide bonds. The van der Waals surface area contributed by atoms with Crippen LogP contribution in [0, 0.1) is 6.92 Å². The number of para-hydroxylation sites is 1. The van der Waals surface area contributed by atoms with Gasteiger partial charge in [0.05, 0.1) is 16.6 Å². The van der Waals surface area contributed by atoms with Crippen molar-refractivity contribution < 1.29 is 9.53 Å². The third kappa shape index (κ3) is 4.23. The molecule has 0 heterocycles. The van der Waals surface area contributed by atoms with Gasteiger partial charge in [-0.15, -0.1) is 0 Å². The van der Waals surface area contributed by atoms with Crippen molar-refractivity contribution in [2.45, 2.75) is 19.9 Å². The lowest BCUT2D eigenvalue weighted by Crippen LogP contribution is -2.36. The van der Waals surface area contributed by atoms with Crippen molar-refractivity contribution in [3.8, 4) is 5.75 Å². The van der Waals surface area contributed by atoms with Crippen molar-refractivity contribution in [3.05, 3.63) is 64.7 Å². The average molecular weight is 304 g/mol. The largest absolute Gasteiger partial charge is 0.491 e. The predicted molar refractivity (Wildman–Crippen MR) is 85.1 cm³/mol. The van der Waals surface area contributed by atoms with Gasteiger partial charge in [0, 0.05) is 0 Å². The van der Waals surface area contributed by atoms with Crippen LogP contribution >= 0.6 is 11.6 Å². The van der Waals surface area contributed by atoms with E-state index in [1.807, 2.05) is 38.1 Å². The van der Waals surface area contributed by atoms with Crippen molar-refractivity contribution in [3.63, 3.8) is 0 Å². The number of rotatable bonds is 5. The van der Waals surface area contributed by atoms with Crippen LogP contribution in [0.3, 0.4) is 0 Å². The summed E-state index contributed by atoms with van der Waals surface area (Å²) in [6, 6.07) is 14.7. The monoisotopic (exact) mass is 303 g/mol. The first-order valence-corrected chi connectivity index (χ1v) is 7.19. The van der Waals surface area contributed by atoms with E-state index < -0.39 is 0 Å². The van der Waals surface area contributed by atoms with Crippen LogP contribution in [-0.2, 0) is 0 Å². The van der Waals surface area contributed by atoms with Gasteiger partial charge < -0.3 is 10.1 Å². The lowest BCUT2D eigenvalue weighted by Gasteiger charge is -2.16. The number of halogens is 1. The normalized spacial score (nSPS) is 11.8. The molecule has 110 valence electrons. The fourth-order valence-corrected chi connectivity index (χ4v) is 2.14. The Kier molecular flexibility index (Phi) is 5.23. The lowest BCUT2D eigenvalue weighted by molar-refractivity contribution is 0.0927. The first-order chi connectivity index (χ1) is 10.1. The molecular weight excluding hydrogens is 286 g/mol. The molecular formula is C17H18ClNO2. The van der Waals surface area contributed by atoms with Crippen molar-refractivity contribution in [2.24, 2.45) is 0 Å². The molecule has 3 nitrogen and oxygen atoms in total. The van der Waals surface area contributed by atoms with Crippen LogP contribution < -0.4 is 10.1 Å². The Labute approximate surface area is 129 Å². The standard InChI is InChI=1S/C17H18ClNO2/c1-12-7-3-6-10-16(12)21-11-13(2)19-17(20)14-8-4-5-9-15(14)18/h3-10,13H,11H2,1-2H3,(H,19,20)/t13-/m1/s1. The summed E-state index contributed by atoms with van der Waals surface area (Å²) in [6.45, 7) is 4.29. The average Bonchev–Trinajstić information content (AvgIpc) is 2.46. The topological polar surface area (TPSA) is 38.3 Å². The van der Waals surface area contributed by atoms with Gasteiger partial charge in [0.15, 0.2) is 0 Å². The lowest BCUT2D eigenvalue weighted by atomic mass is 10.2. The fraction of sp³-hybridized carbons (Fsp3) is 0.235. The second-order valence-corrected chi connectivity index (χ2v) is 5.34. The molecule has 0 aromatic heterocycles. The van der Waals surface area contributed by atoms with Crippen molar-refractivity contribution >= 4 is 17.5 Å². The number of ether oxygens (including phenoxy) is 1. The molecule has 0 saturated heterocycles. The molecule has 2 aromatic rings. The van der Waals surface area contributed by atoms with Crippen molar-refractivity contribution in [2.75, 3.05) is 6.61 Å². The highest BCUT2D eigenvalue weighted by molar-refractivity contribution is 6.33. The number of benzene rings is 2. The van der Waals surface area contributed by atoms with Gasteiger partial charge in [-0.05, 0) is 37.6 Å². The highest BCUT2D eigenvalue weighted by atomic mass is 35.5. The van der Waals surface area contributed by atoms with E-state index in [0.717, 1.165) is 11.3 Å². The summed E-state index contributed by atoms with van der Waals surface area (Å²) in [5.41, 5.74) is 1.55. The Morgan fingerprint density at radius 1 is 1.19 bits per heavy atom. The Morgan fingerprint density at radius 2 is 1.86 bits per heavy atom. The Balaban J connectivity index is 1.90. The zero-order valence-electron chi connectivity index (χ0n) is 12.1. The third-order valence-electron chi connectivity index (χ3n) is 3.08. The quantitative estimate of drug-likeness (QED) is 0.911. The van der Waals surface area contributed by atoms with Crippen LogP contribution in [0.15, 0.2) is 48.5 Å². The third-order valence-corrected chi connectivity index (χ3v) is 3.41. The molecule has 21 heavy (non-hydrogen) atoms. The molecule has 0 aliphatic carbocycles. The van der Waals surface area contributed by atoms with Gasteiger partial charge in [0.2, 0.25) is 0 Å². The van der Waals surface area contributed by atoms with Crippen LogP contribution in [0.2, 0.25) is 5.02 Å². The molecule has 0 bridgehead atoms. The van der Waals surface area contributed by atoms with Crippen LogP contribution in [0.4, 0.5) is 0 Å². The Bertz CT molecular complexity index is 628. The summed E-state index contributed by atoms with van der Waals surface area (Å²) in [5, 5.41) is 3.32. The summed E-state index contributed by atoms with van der Waals surface area (Å²) >= 11 is 6.00. The molecule has 0 fully saturated rings. The molecule has 0 unspecified atom stereocenters. The molecule has 0 radical (unpaired) electrons. The van der Waals surface area contributed by atoms with Crippen molar-refractivity contribution in [1.29, 1.82) is 0 Å².